The molecule has 18 heavy (non-hydrogen) atoms. The molecule has 0 aromatic carbocycles. The first kappa shape index (κ1) is 14.0. The van der Waals surface area contributed by atoms with Crippen LogP contribution in [0.15, 0.2) is 4.47 Å². The minimum absolute atomic E-state index is 0.311. The van der Waals surface area contributed by atoms with Crippen molar-refractivity contribution in [2.45, 2.75) is 39.4 Å². The Balaban J connectivity index is 1.99. The van der Waals surface area contributed by atoms with E-state index in [1.165, 1.54) is 6.42 Å². The molecule has 2 heterocycles. The van der Waals surface area contributed by atoms with Crippen LogP contribution in [0.25, 0.3) is 0 Å². The smallest absolute Gasteiger partial charge is 0.0900 e. The number of hydrogen-bond acceptors (Lipinski definition) is 3. The van der Waals surface area contributed by atoms with Crippen molar-refractivity contribution in [1.29, 1.82) is 0 Å². The van der Waals surface area contributed by atoms with Gasteiger partial charge in [-0.05, 0) is 41.2 Å². The molecule has 0 spiro atoms. The molecule has 2 unspecified atom stereocenters. The maximum absolute atomic E-state index is 6.05. The molecule has 1 saturated heterocycles. The summed E-state index contributed by atoms with van der Waals surface area (Å²) in [5.41, 5.74) is 2.23. The predicted octanol–water partition coefficient (Wildman–Crippen LogP) is 2.26. The summed E-state index contributed by atoms with van der Waals surface area (Å²) in [5, 5.41) is 7.87. The Morgan fingerprint density at radius 2 is 2.33 bits per heavy atom. The highest BCUT2D eigenvalue weighted by atomic mass is 79.9. The molecule has 0 bridgehead atoms. The average Bonchev–Trinajstić information content (AvgIpc) is 2.64. The van der Waals surface area contributed by atoms with Gasteiger partial charge in [-0.1, -0.05) is 13.8 Å². The molecule has 0 radical (unpaired) electrons. The van der Waals surface area contributed by atoms with Gasteiger partial charge in [-0.2, -0.15) is 5.10 Å². The molecule has 102 valence electrons. The number of rotatable bonds is 4. The summed E-state index contributed by atoms with van der Waals surface area (Å²) < 4.78 is 9.07. The van der Waals surface area contributed by atoms with Gasteiger partial charge in [-0.25, -0.2) is 0 Å². The summed E-state index contributed by atoms with van der Waals surface area (Å²) in [4.78, 5) is 0. The third-order valence-corrected chi connectivity index (χ3v) is 4.61. The Morgan fingerprint density at radius 3 is 2.94 bits per heavy atom. The first-order chi connectivity index (χ1) is 8.63. The summed E-state index contributed by atoms with van der Waals surface area (Å²) >= 11 is 3.62. The minimum Gasteiger partial charge on any atom is -0.370 e. The number of ether oxygens (including phenoxy) is 1. The fourth-order valence-corrected chi connectivity index (χ4v) is 3.08. The van der Waals surface area contributed by atoms with Gasteiger partial charge in [0, 0.05) is 13.6 Å². The van der Waals surface area contributed by atoms with E-state index >= 15 is 0 Å². The molecule has 2 atom stereocenters. The van der Waals surface area contributed by atoms with Gasteiger partial charge in [0.1, 0.15) is 0 Å². The van der Waals surface area contributed by atoms with E-state index < -0.39 is 0 Å². The molecule has 0 aliphatic carbocycles. The van der Waals surface area contributed by atoms with Crippen LogP contribution < -0.4 is 5.32 Å². The van der Waals surface area contributed by atoms with Crippen LogP contribution in [0.4, 0.5) is 0 Å². The van der Waals surface area contributed by atoms with Crippen molar-refractivity contribution < 1.29 is 4.74 Å². The highest BCUT2D eigenvalue weighted by Crippen LogP contribution is 2.24. The molecule has 0 amide bonds. The molecule has 2 rings (SSSR count). The van der Waals surface area contributed by atoms with Crippen LogP contribution in [0.5, 0.6) is 0 Å². The third-order valence-electron chi connectivity index (χ3n) is 3.69. The lowest BCUT2D eigenvalue weighted by Gasteiger charge is -2.29. The van der Waals surface area contributed by atoms with Crippen molar-refractivity contribution in [2.24, 2.45) is 13.0 Å². The third kappa shape index (κ3) is 2.95. The maximum atomic E-state index is 6.05. The highest BCUT2D eigenvalue weighted by molar-refractivity contribution is 9.10. The van der Waals surface area contributed by atoms with Crippen molar-refractivity contribution in [3.05, 3.63) is 15.9 Å². The molecule has 1 aliphatic rings. The number of nitrogens with one attached hydrogen (secondary N) is 1. The molecule has 1 aromatic rings. The number of nitrogens with zero attached hydrogens (tertiary/aromatic N) is 2. The van der Waals surface area contributed by atoms with Crippen LogP contribution in [0, 0.1) is 5.92 Å². The van der Waals surface area contributed by atoms with Gasteiger partial charge in [-0.3, -0.25) is 4.68 Å². The zero-order valence-electron chi connectivity index (χ0n) is 11.4. The number of piperidine rings is 1. The van der Waals surface area contributed by atoms with E-state index in [9.17, 15) is 0 Å². The Morgan fingerprint density at radius 1 is 1.56 bits per heavy atom. The fourth-order valence-electron chi connectivity index (χ4n) is 2.35. The number of aromatic nitrogens is 2. The summed E-state index contributed by atoms with van der Waals surface area (Å²) in [5.74, 6) is 0.629. The van der Waals surface area contributed by atoms with Gasteiger partial charge < -0.3 is 10.1 Å². The molecular formula is C13H22BrN3O. The number of halogens is 1. The van der Waals surface area contributed by atoms with Crippen LogP contribution in [0.3, 0.4) is 0 Å². The van der Waals surface area contributed by atoms with E-state index in [1.807, 2.05) is 11.7 Å². The van der Waals surface area contributed by atoms with Gasteiger partial charge >= 0.3 is 0 Å². The van der Waals surface area contributed by atoms with Crippen LogP contribution in [0.1, 0.15) is 31.7 Å². The zero-order valence-corrected chi connectivity index (χ0v) is 13.0. The summed E-state index contributed by atoms with van der Waals surface area (Å²) in [6.45, 7) is 7.07. The van der Waals surface area contributed by atoms with E-state index in [0.29, 0.717) is 18.6 Å². The monoisotopic (exact) mass is 315 g/mol. The largest absolute Gasteiger partial charge is 0.370 e. The standard InChI is InChI=1S/C13H22BrN3O/c1-4-10-13(14)11(17(3)16-10)8-18-12-7-15-6-5-9(12)2/h9,12,15H,4-8H2,1-3H3. The Labute approximate surface area is 117 Å². The SMILES string of the molecule is CCc1nn(C)c(COC2CNCCC2C)c1Br. The summed E-state index contributed by atoms with van der Waals surface area (Å²) in [6.07, 6.45) is 2.44. The molecule has 1 aliphatic heterocycles. The van der Waals surface area contributed by atoms with Gasteiger partial charge in [0.2, 0.25) is 0 Å². The molecular weight excluding hydrogens is 294 g/mol. The summed E-state index contributed by atoms with van der Waals surface area (Å²) in [7, 11) is 1.98. The Hall–Kier alpha value is -0.390. The van der Waals surface area contributed by atoms with Gasteiger partial charge in [0.15, 0.2) is 0 Å². The number of hydrogen-bond donors (Lipinski definition) is 1. The van der Waals surface area contributed by atoms with Crippen molar-refractivity contribution >= 4 is 15.9 Å². The molecule has 1 fully saturated rings. The van der Waals surface area contributed by atoms with Crippen LogP contribution >= 0.6 is 15.9 Å². The Kier molecular flexibility index (Phi) is 4.81. The predicted molar refractivity (Wildman–Crippen MR) is 75.5 cm³/mol. The average molecular weight is 316 g/mol. The van der Waals surface area contributed by atoms with Gasteiger partial charge in [0.25, 0.3) is 0 Å². The van der Waals surface area contributed by atoms with Crippen LogP contribution in [-0.4, -0.2) is 29.0 Å². The molecule has 0 saturated carbocycles. The van der Waals surface area contributed by atoms with Crippen molar-refractivity contribution in [1.82, 2.24) is 15.1 Å². The summed E-state index contributed by atoms with van der Waals surface area (Å²) in [6, 6.07) is 0. The molecule has 1 N–H and O–H groups in total. The lowest BCUT2D eigenvalue weighted by atomic mass is 9.97. The molecule has 5 heteroatoms. The molecule has 4 nitrogen and oxygen atoms in total. The highest BCUT2D eigenvalue weighted by Gasteiger charge is 2.22. The minimum atomic E-state index is 0.311. The van der Waals surface area contributed by atoms with E-state index in [1.54, 1.807) is 0 Å². The van der Waals surface area contributed by atoms with Crippen LogP contribution in [-0.2, 0) is 24.8 Å². The fraction of sp³-hybridized carbons (Fsp3) is 0.769. The zero-order chi connectivity index (χ0) is 13.1. The van der Waals surface area contributed by atoms with E-state index in [4.69, 9.17) is 4.74 Å². The maximum Gasteiger partial charge on any atom is 0.0900 e. The second-order valence-corrected chi connectivity index (χ2v) is 5.80. The lowest BCUT2D eigenvalue weighted by molar-refractivity contribution is -0.00935. The second-order valence-electron chi connectivity index (χ2n) is 5.00. The van der Waals surface area contributed by atoms with E-state index in [-0.39, 0.29) is 0 Å². The van der Waals surface area contributed by atoms with Crippen molar-refractivity contribution in [2.75, 3.05) is 13.1 Å². The van der Waals surface area contributed by atoms with Crippen molar-refractivity contribution in [3.63, 3.8) is 0 Å². The quantitative estimate of drug-likeness (QED) is 0.926. The van der Waals surface area contributed by atoms with Crippen LogP contribution in [0.2, 0.25) is 0 Å². The molecule has 1 aromatic heterocycles. The van der Waals surface area contributed by atoms with Crippen molar-refractivity contribution in [3.8, 4) is 0 Å². The topological polar surface area (TPSA) is 39.1 Å². The van der Waals surface area contributed by atoms with E-state index in [0.717, 1.165) is 35.4 Å². The Bertz CT molecular complexity index is 405. The van der Waals surface area contributed by atoms with Gasteiger partial charge in [0.05, 0.1) is 28.6 Å². The first-order valence-corrected chi connectivity index (χ1v) is 7.45. The lowest BCUT2D eigenvalue weighted by Crippen LogP contribution is -2.41. The second kappa shape index (κ2) is 6.17. The van der Waals surface area contributed by atoms with Gasteiger partial charge in [-0.15, -0.1) is 0 Å². The normalized spacial score (nSPS) is 24.4. The van der Waals surface area contributed by atoms with E-state index in [2.05, 4.69) is 40.2 Å². The number of aryl methyl sites for hydroxylation is 2. The first-order valence-electron chi connectivity index (χ1n) is 6.66.